The first-order chi connectivity index (χ1) is 10.7. The van der Waals surface area contributed by atoms with E-state index in [4.69, 9.17) is 15.2 Å². The van der Waals surface area contributed by atoms with Gasteiger partial charge in [-0.25, -0.2) is 4.98 Å². The molecule has 4 nitrogen and oxygen atoms in total. The van der Waals surface area contributed by atoms with Crippen molar-refractivity contribution in [1.29, 1.82) is 0 Å². The molecular weight excluding hydrogens is 296 g/mol. The van der Waals surface area contributed by atoms with Crippen molar-refractivity contribution in [2.45, 2.75) is 6.61 Å². The van der Waals surface area contributed by atoms with E-state index in [9.17, 15) is 0 Å². The molecule has 0 unspecified atom stereocenters. The van der Waals surface area contributed by atoms with Crippen LogP contribution in [0.4, 0.5) is 5.69 Å². The quantitative estimate of drug-likeness (QED) is 0.724. The molecule has 0 fully saturated rings. The van der Waals surface area contributed by atoms with Crippen LogP contribution in [0.15, 0.2) is 53.9 Å². The van der Waals surface area contributed by atoms with Gasteiger partial charge in [0.1, 0.15) is 23.1 Å². The molecule has 112 valence electrons. The molecule has 0 saturated heterocycles. The van der Waals surface area contributed by atoms with Gasteiger partial charge in [0.05, 0.1) is 12.8 Å². The third kappa shape index (κ3) is 3.38. The lowest BCUT2D eigenvalue weighted by atomic mass is 10.1. The van der Waals surface area contributed by atoms with Crippen LogP contribution in [0.1, 0.15) is 5.01 Å². The molecule has 2 aromatic carbocycles. The van der Waals surface area contributed by atoms with Crippen LogP contribution in [-0.2, 0) is 6.61 Å². The van der Waals surface area contributed by atoms with Gasteiger partial charge in [-0.05, 0) is 36.4 Å². The Morgan fingerprint density at radius 1 is 1.09 bits per heavy atom. The van der Waals surface area contributed by atoms with E-state index >= 15 is 0 Å². The molecule has 1 heterocycles. The Morgan fingerprint density at radius 3 is 2.59 bits per heavy atom. The van der Waals surface area contributed by atoms with E-state index in [2.05, 4.69) is 4.98 Å². The lowest BCUT2D eigenvalue weighted by Gasteiger charge is -2.05. The molecule has 0 radical (unpaired) electrons. The number of anilines is 1. The van der Waals surface area contributed by atoms with Crippen molar-refractivity contribution in [2.24, 2.45) is 0 Å². The molecular formula is C17H16N2O2S. The monoisotopic (exact) mass is 312 g/mol. The Morgan fingerprint density at radius 2 is 1.86 bits per heavy atom. The van der Waals surface area contributed by atoms with Crippen molar-refractivity contribution in [3.05, 3.63) is 58.9 Å². The molecule has 5 heteroatoms. The van der Waals surface area contributed by atoms with Gasteiger partial charge in [0.2, 0.25) is 0 Å². The van der Waals surface area contributed by atoms with Crippen molar-refractivity contribution in [2.75, 3.05) is 12.8 Å². The van der Waals surface area contributed by atoms with E-state index in [-0.39, 0.29) is 0 Å². The van der Waals surface area contributed by atoms with Crippen LogP contribution >= 0.6 is 11.3 Å². The second-order valence-electron chi connectivity index (χ2n) is 4.72. The topological polar surface area (TPSA) is 57.4 Å². The molecule has 2 N–H and O–H groups in total. The van der Waals surface area contributed by atoms with Crippen LogP contribution in [0.2, 0.25) is 0 Å². The van der Waals surface area contributed by atoms with E-state index in [1.54, 1.807) is 18.4 Å². The minimum absolute atomic E-state index is 0.444. The average Bonchev–Trinajstić information content (AvgIpc) is 3.02. The van der Waals surface area contributed by atoms with Crippen molar-refractivity contribution >= 4 is 17.0 Å². The summed E-state index contributed by atoms with van der Waals surface area (Å²) < 4.78 is 10.9. The molecule has 0 bridgehead atoms. The fraction of sp³-hybridized carbons (Fsp3) is 0.118. The smallest absolute Gasteiger partial charge is 0.140 e. The zero-order chi connectivity index (χ0) is 15.4. The van der Waals surface area contributed by atoms with Gasteiger partial charge in [0.15, 0.2) is 0 Å². The molecule has 0 aliphatic rings. The summed E-state index contributed by atoms with van der Waals surface area (Å²) in [6, 6.07) is 15.2. The lowest BCUT2D eigenvalue weighted by molar-refractivity contribution is 0.305. The fourth-order valence-electron chi connectivity index (χ4n) is 2.02. The second kappa shape index (κ2) is 6.49. The third-order valence-electron chi connectivity index (χ3n) is 3.16. The molecule has 3 aromatic rings. The summed E-state index contributed by atoms with van der Waals surface area (Å²) in [6.07, 6.45) is 0. The summed E-state index contributed by atoms with van der Waals surface area (Å²) >= 11 is 1.58. The molecule has 1 aromatic heterocycles. The predicted molar refractivity (Wildman–Crippen MR) is 89.3 cm³/mol. The van der Waals surface area contributed by atoms with Gasteiger partial charge in [-0.1, -0.05) is 12.1 Å². The van der Waals surface area contributed by atoms with E-state index in [1.165, 1.54) is 0 Å². The number of aromatic nitrogens is 1. The molecule has 0 saturated carbocycles. The van der Waals surface area contributed by atoms with Crippen LogP contribution in [0.3, 0.4) is 0 Å². The van der Waals surface area contributed by atoms with Gasteiger partial charge >= 0.3 is 0 Å². The predicted octanol–water partition coefficient (Wildman–Crippen LogP) is 3.98. The highest BCUT2D eigenvalue weighted by molar-refractivity contribution is 7.09. The van der Waals surface area contributed by atoms with Crippen LogP contribution in [0.25, 0.3) is 11.3 Å². The first kappa shape index (κ1) is 14.4. The van der Waals surface area contributed by atoms with Gasteiger partial charge in [0, 0.05) is 16.6 Å². The van der Waals surface area contributed by atoms with E-state index in [0.29, 0.717) is 6.61 Å². The summed E-state index contributed by atoms with van der Waals surface area (Å²) in [7, 11) is 1.64. The van der Waals surface area contributed by atoms with Crippen molar-refractivity contribution < 1.29 is 9.47 Å². The van der Waals surface area contributed by atoms with Crippen LogP contribution in [0, 0.1) is 0 Å². The highest BCUT2D eigenvalue weighted by Crippen LogP contribution is 2.24. The largest absolute Gasteiger partial charge is 0.497 e. The summed E-state index contributed by atoms with van der Waals surface area (Å²) in [6.45, 7) is 0.444. The number of benzene rings is 2. The zero-order valence-electron chi connectivity index (χ0n) is 12.2. The molecule has 0 aliphatic heterocycles. The molecule has 0 amide bonds. The molecule has 3 rings (SSSR count). The van der Waals surface area contributed by atoms with E-state index < -0.39 is 0 Å². The molecule has 0 atom stereocenters. The summed E-state index contributed by atoms with van der Waals surface area (Å²) in [4.78, 5) is 4.58. The molecule has 0 spiro atoms. The number of methoxy groups -OCH3 is 1. The number of ether oxygens (including phenoxy) is 2. The fourth-order valence-corrected chi connectivity index (χ4v) is 2.74. The number of rotatable bonds is 5. The minimum atomic E-state index is 0.444. The maximum atomic E-state index is 5.80. The van der Waals surface area contributed by atoms with Crippen molar-refractivity contribution in [3.63, 3.8) is 0 Å². The van der Waals surface area contributed by atoms with Gasteiger partial charge in [-0.3, -0.25) is 0 Å². The van der Waals surface area contributed by atoms with Crippen LogP contribution in [0.5, 0.6) is 11.5 Å². The van der Waals surface area contributed by atoms with E-state index in [1.807, 2.05) is 53.9 Å². The third-order valence-corrected chi connectivity index (χ3v) is 3.98. The standard InChI is InChI=1S/C17H16N2O2S/c1-20-14-5-7-15(8-6-14)21-10-17-19-16(11-22-17)12-3-2-4-13(18)9-12/h2-9,11H,10,18H2,1H3. The van der Waals surface area contributed by atoms with Gasteiger partial charge < -0.3 is 15.2 Å². The first-order valence-corrected chi connectivity index (χ1v) is 7.70. The normalized spacial score (nSPS) is 10.4. The Kier molecular flexibility index (Phi) is 4.25. The van der Waals surface area contributed by atoms with E-state index in [0.717, 1.165) is 33.5 Å². The molecule has 0 aliphatic carbocycles. The van der Waals surface area contributed by atoms with Crippen LogP contribution in [-0.4, -0.2) is 12.1 Å². The Balaban J connectivity index is 1.66. The second-order valence-corrected chi connectivity index (χ2v) is 5.66. The number of nitrogen functional groups attached to an aromatic ring is 1. The number of thiazole rings is 1. The van der Waals surface area contributed by atoms with Gasteiger partial charge in [-0.15, -0.1) is 11.3 Å². The highest BCUT2D eigenvalue weighted by Gasteiger charge is 2.06. The molecule has 22 heavy (non-hydrogen) atoms. The summed E-state index contributed by atoms with van der Waals surface area (Å²) in [5.74, 6) is 1.60. The van der Waals surface area contributed by atoms with Gasteiger partial charge in [0.25, 0.3) is 0 Å². The number of nitrogens with zero attached hydrogens (tertiary/aromatic N) is 1. The SMILES string of the molecule is COc1ccc(OCc2nc(-c3cccc(N)c3)cs2)cc1. The summed E-state index contributed by atoms with van der Waals surface area (Å²) in [5, 5.41) is 2.94. The zero-order valence-corrected chi connectivity index (χ0v) is 13.0. The minimum Gasteiger partial charge on any atom is -0.497 e. The first-order valence-electron chi connectivity index (χ1n) is 6.82. The number of hydrogen-bond donors (Lipinski definition) is 1. The average molecular weight is 312 g/mol. The maximum absolute atomic E-state index is 5.80. The Labute approximate surface area is 133 Å². The summed E-state index contributed by atoms with van der Waals surface area (Å²) in [5.41, 5.74) is 8.48. The number of hydrogen-bond acceptors (Lipinski definition) is 5. The Bertz CT molecular complexity index is 753. The Hall–Kier alpha value is -2.53. The maximum Gasteiger partial charge on any atom is 0.140 e. The van der Waals surface area contributed by atoms with Gasteiger partial charge in [-0.2, -0.15) is 0 Å². The highest BCUT2D eigenvalue weighted by atomic mass is 32.1. The number of nitrogens with two attached hydrogens (primary N) is 1. The van der Waals surface area contributed by atoms with Crippen molar-refractivity contribution in [3.8, 4) is 22.8 Å². The van der Waals surface area contributed by atoms with Crippen LogP contribution < -0.4 is 15.2 Å². The lowest BCUT2D eigenvalue weighted by Crippen LogP contribution is -1.95. The van der Waals surface area contributed by atoms with Crippen molar-refractivity contribution in [1.82, 2.24) is 4.98 Å².